The number of nitrogens with zero attached hydrogens (tertiary/aromatic N) is 1. The molecule has 1 heterocycles. The smallest absolute Gasteiger partial charge is 0.311 e. The van der Waals surface area contributed by atoms with E-state index in [-0.39, 0.29) is 18.3 Å². The monoisotopic (exact) mass is 373 g/mol. The Bertz CT molecular complexity index is 1020. The number of benzene rings is 3. The molecule has 3 aromatic carbocycles. The Morgan fingerprint density at radius 2 is 1.68 bits per heavy atom. The van der Waals surface area contributed by atoms with Gasteiger partial charge in [0.1, 0.15) is 0 Å². The van der Waals surface area contributed by atoms with Crippen LogP contribution in [0.5, 0.6) is 0 Å². The van der Waals surface area contributed by atoms with Crippen LogP contribution in [0.1, 0.15) is 23.6 Å². The van der Waals surface area contributed by atoms with Crippen molar-refractivity contribution in [3.05, 3.63) is 83.4 Å². The molecule has 1 aliphatic rings. The zero-order chi connectivity index (χ0) is 19.5. The van der Waals surface area contributed by atoms with E-state index in [1.165, 1.54) is 5.56 Å². The van der Waals surface area contributed by atoms with Gasteiger partial charge in [-0.25, -0.2) is 0 Å². The number of hydrogen-bond acceptors (Lipinski definition) is 3. The van der Waals surface area contributed by atoms with Gasteiger partial charge < -0.3 is 9.64 Å². The van der Waals surface area contributed by atoms with Gasteiger partial charge in [-0.2, -0.15) is 0 Å². The van der Waals surface area contributed by atoms with Crippen molar-refractivity contribution in [1.82, 2.24) is 4.90 Å². The average Bonchev–Trinajstić information content (AvgIpc) is 2.73. The molecular formula is C24H23NO3. The van der Waals surface area contributed by atoms with Crippen molar-refractivity contribution in [3.63, 3.8) is 0 Å². The molecule has 1 aliphatic heterocycles. The summed E-state index contributed by atoms with van der Waals surface area (Å²) < 4.78 is 5.48. The minimum atomic E-state index is -0.785. The summed E-state index contributed by atoms with van der Waals surface area (Å²) in [6, 6.07) is 22.0. The third kappa shape index (κ3) is 3.77. The van der Waals surface area contributed by atoms with Crippen molar-refractivity contribution in [2.24, 2.45) is 0 Å². The van der Waals surface area contributed by atoms with Gasteiger partial charge in [0.25, 0.3) is 5.91 Å². The maximum Gasteiger partial charge on any atom is 0.311 e. The van der Waals surface area contributed by atoms with Gasteiger partial charge in [0.15, 0.2) is 6.10 Å². The van der Waals surface area contributed by atoms with E-state index in [1.807, 2.05) is 60.7 Å². The van der Waals surface area contributed by atoms with Crippen LogP contribution in [0.2, 0.25) is 0 Å². The number of amides is 1. The Hall–Kier alpha value is -3.14. The lowest BCUT2D eigenvalue weighted by Crippen LogP contribution is -2.42. The first kappa shape index (κ1) is 18.2. The minimum Gasteiger partial charge on any atom is -0.452 e. The molecule has 0 N–H and O–H groups in total. The summed E-state index contributed by atoms with van der Waals surface area (Å²) in [4.78, 5) is 27.0. The Balaban J connectivity index is 1.40. The highest BCUT2D eigenvalue weighted by Gasteiger charge is 2.27. The van der Waals surface area contributed by atoms with E-state index in [0.717, 1.165) is 28.3 Å². The van der Waals surface area contributed by atoms with Gasteiger partial charge in [0.05, 0.1) is 6.42 Å². The van der Waals surface area contributed by atoms with E-state index < -0.39 is 6.10 Å². The molecule has 1 atom stereocenters. The summed E-state index contributed by atoms with van der Waals surface area (Å²) in [5.41, 5.74) is 3.36. The molecule has 28 heavy (non-hydrogen) atoms. The van der Waals surface area contributed by atoms with E-state index >= 15 is 0 Å². The molecule has 4 rings (SSSR count). The van der Waals surface area contributed by atoms with Gasteiger partial charge in [0.2, 0.25) is 0 Å². The molecule has 0 unspecified atom stereocenters. The fourth-order valence-electron chi connectivity index (χ4n) is 3.83. The van der Waals surface area contributed by atoms with Crippen LogP contribution < -0.4 is 0 Å². The molecule has 1 amide bonds. The van der Waals surface area contributed by atoms with Crippen LogP contribution in [0.3, 0.4) is 0 Å². The van der Waals surface area contributed by atoms with E-state index in [2.05, 4.69) is 6.07 Å². The zero-order valence-corrected chi connectivity index (χ0v) is 15.9. The van der Waals surface area contributed by atoms with Crippen LogP contribution in [0.4, 0.5) is 0 Å². The van der Waals surface area contributed by atoms with Crippen LogP contribution in [0.25, 0.3) is 10.8 Å². The molecule has 4 heteroatoms. The first-order valence-corrected chi connectivity index (χ1v) is 9.63. The maximum atomic E-state index is 12.8. The predicted molar refractivity (Wildman–Crippen MR) is 109 cm³/mol. The number of carbonyl (C=O) groups is 2. The van der Waals surface area contributed by atoms with Crippen LogP contribution >= 0.6 is 0 Å². The highest BCUT2D eigenvalue weighted by atomic mass is 16.5. The van der Waals surface area contributed by atoms with E-state index in [1.54, 1.807) is 11.8 Å². The van der Waals surface area contributed by atoms with Crippen molar-refractivity contribution in [3.8, 4) is 0 Å². The summed E-state index contributed by atoms with van der Waals surface area (Å²) in [6.45, 7) is 2.88. The second kappa shape index (κ2) is 7.85. The lowest BCUT2D eigenvalue weighted by Gasteiger charge is -2.30. The number of ether oxygens (including phenoxy) is 1. The van der Waals surface area contributed by atoms with Gasteiger partial charge in [-0.05, 0) is 40.8 Å². The maximum absolute atomic E-state index is 12.8. The third-order valence-corrected chi connectivity index (χ3v) is 5.31. The standard InChI is InChI=1S/C24H23NO3/c1-17(24(27)25-14-13-18-7-2-3-9-21(18)16-25)28-23(26)15-20-11-6-10-19-8-4-5-12-22(19)20/h2-12,17H,13-16H2,1H3/t17-/m1/s1. The summed E-state index contributed by atoms with van der Waals surface area (Å²) in [5, 5.41) is 2.12. The number of fused-ring (bicyclic) bond motifs is 2. The van der Waals surface area contributed by atoms with Crippen molar-refractivity contribution in [2.45, 2.75) is 32.4 Å². The average molecular weight is 373 g/mol. The molecule has 0 aliphatic carbocycles. The number of hydrogen-bond donors (Lipinski definition) is 0. The zero-order valence-electron chi connectivity index (χ0n) is 15.9. The first-order valence-electron chi connectivity index (χ1n) is 9.63. The topological polar surface area (TPSA) is 46.6 Å². The molecule has 0 saturated carbocycles. The SMILES string of the molecule is C[C@@H](OC(=O)Cc1cccc2ccccc12)C(=O)N1CCc2ccccc2C1. The molecule has 0 bridgehead atoms. The number of rotatable bonds is 4. The number of carbonyl (C=O) groups excluding carboxylic acids is 2. The normalized spacial score (nSPS) is 14.4. The second-order valence-electron chi connectivity index (χ2n) is 7.23. The number of esters is 1. The molecule has 0 spiro atoms. The highest BCUT2D eigenvalue weighted by Crippen LogP contribution is 2.21. The van der Waals surface area contributed by atoms with E-state index in [9.17, 15) is 9.59 Å². The molecule has 0 aromatic heterocycles. The van der Waals surface area contributed by atoms with Gasteiger partial charge in [-0.1, -0.05) is 66.7 Å². The summed E-state index contributed by atoms with van der Waals surface area (Å²) in [5.74, 6) is -0.518. The van der Waals surface area contributed by atoms with E-state index in [4.69, 9.17) is 4.74 Å². The van der Waals surface area contributed by atoms with Crippen molar-refractivity contribution in [1.29, 1.82) is 0 Å². The Kier molecular flexibility index (Phi) is 5.11. The molecule has 3 aromatic rings. The van der Waals surface area contributed by atoms with Crippen molar-refractivity contribution in [2.75, 3.05) is 6.54 Å². The molecule has 142 valence electrons. The molecule has 0 radical (unpaired) electrons. The fourth-order valence-corrected chi connectivity index (χ4v) is 3.83. The van der Waals surface area contributed by atoms with Gasteiger partial charge >= 0.3 is 5.97 Å². The Labute approximate surface area is 164 Å². The highest BCUT2D eigenvalue weighted by molar-refractivity contribution is 5.90. The van der Waals surface area contributed by atoms with Gasteiger partial charge in [0, 0.05) is 13.1 Å². The molecular weight excluding hydrogens is 350 g/mol. The summed E-state index contributed by atoms with van der Waals surface area (Å²) >= 11 is 0. The fraction of sp³-hybridized carbons (Fsp3) is 0.250. The van der Waals surface area contributed by atoms with Crippen LogP contribution in [0, 0.1) is 0 Å². The van der Waals surface area contributed by atoms with Crippen LogP contribution in [-0.2, 0) is 33.7 Å². The lowest BCUT2D eigenvalue weighted by molar-refractivity contribution is -0.159. The third-order valence-electron chi connectivity index (χ3n) is 5.31. The molecule has 0 saturated heterocycles. The Morgan fingerprint density at radius 3 is 2.54 bits per heavy atom. The van der Waals surface area contributed by atoms with Crippen LogP contribution in [0.15, 0.2) is 66.7 Å². The lowest BCUT2D eigenvalue weighted by atomic mass is 9.99. The Morgan fingerprint density at radius 1 is 0.964 bits per heavy atom. The largest absolute Gasteiger partial charge is 0.452 e. The van der Waals surface area contributed by atoms with Crippen molar-refractivity contribution < 1.29 is 14.3 Å². The minimum absolute atomic E-state index is 0.138. The van der Waals surface area contributed by atoms with Gasteiger partial charge in [-0.3, -0.25) is 9.59 Å². The first-order chi connectivity index (χ1) is 13.6. The van der Waals surface area contributed by atoms with Gasteiger partial charge in [-0.15, -0.1) is 0 Å². The summed E-state index contributed by atoms with van der Waals surface area (Å²) in [6.07, 6.45) is 0.202. The van der Waals surface area contributed by atoms with Crippen LogP contribution in [-0.4, -0.2) is 29.4 Å². The summed E-state index contributed by atoms with van der Waals surface area (Å²) in [7, 11) is 0. The molecule has 4 nitrogen and oxygen atoms in total. The van der Waals surface area contributed by atoms with Crippen molar-refractivity contribution >= 4 is 22.6 Å². The predicted octanol–water partition coefficient (Wildman–Crippen LogP) is 3.90. The quantitative estimate of drug-likeness (QED) is 0.652. The molecule has 0 fully saturated rings. The van der Waals surface area contributed by atoms with E-state index in [0.29, 0.717) is 13.1 Å². The second-order valence-corrected chi connectivity index (χ2v) is 7.23.